The van der Waals surface area contributed by atoms with Gasteiger partial charge in [0.05, 0.1) is 23.8 Å². The number of hydrogen-bond donors (Lipinski definition) is 3. The van der Waals surface area contributed by atoms with Crippen LogP contribution in [0.5, 0.6) is 0 Å². The number of aliphatic imine (C=N–C) groups is 1. The van der Waals surface area contributed by atoms with Crippen molar-refractivity contribution in [1.29, 1.82) is 0 Å². The lowest BCUT2D eigenvalue weighted by atomic mass is 9.87. The number of nitrogens with one attached hydrogen (secondary N) is 2. The van der Waals surface area contributed by atoms with E-state index in [-0.39, 0.29) is 24.0 Å². The van der Waals surface area contributed by atoms with E-state index < -0.39 is 5.60 Å². The van der Waals surface area contributed by atoms with Crippen LogP contribution in [0.3, 0.4) is 0 Å². The maximum atomic E-state index is 11.6. The highest BCUT2D eigenvalue weighted by Crippen LogP contribution is 2.25. The van der Waals surface area contributed by atoms with Crippen LogP contribution in [0, 0.1) is 13.8 Å². The van der Waals surface area contributed by atoms with Crippen molar-refractivity contribution >= 4 is 41.3 Å². The fourth-order valence-electron chi connectivity index (χ4n) is 3.39. The van der Waals surface area contributed by atoms with Gasteiger partial charge in [0.1, 0.15) is 5.60 Å². The Morgan fingerprint density at radius 3 is 2.26 bits per heavy atom. The predicted octanol–water partition coefficient (Wildman–Crippen LogP) is 4.56. The Balaban J connectivity index is 0.00000341. The number of rotatable bonds is 8. The summed E-state index contributed by atoms with van der Waals surface area (Å²) < 4.78 is 0. The van der Waals surface area contributed by atoms with Gasteiger partial charge in [-0.15, -0.1) is 35.3 Å². The zero-order valence-electron chi connectivity index (χ0n) is 18.3. The van der Waals surface area contributed by atoms with Gasteiger partial charge in [0.25, 0.3) is 0 Å². The fraction of sp³-hybridized carbons (Fsp3) is 0.333. The van der Waals surface area contributed by atoms with Crippen molar-refractivity contribution in [3.8, 4) is 0 Å². The summed E-state index contributed by atoms with van der Waals surface area (Å²) >= 11 is 1.67. The van der Waals surface area contributed by atoms with Gasteiger partial charge >= 0.3 is 0 Å². The van der Waals surface area contributed by atoms with Gasteiger partial charge in [-0.3, -0.25) is 0 Å². The Kier molecular flexibility index (Phi) is 9.93. The van der Waals surface area contributed by atoms with Gasteiger partial charge in [-0.25, -0.2) is 9.98 Å². The summed E-state index contributed by atoms with van der Waals surface area (Å²) in [5, 5.41) is 19.3. The van der Waals surface area contributed by atoms with Crippen LogP contribution in [0.1, 0.15) is 33.6 Å². The van der Waals surface area contributed by atoms with Crippen molar-refractivity contribution in [2.24, 2.45) is 4.99 Å². The minimum Gasteiger partial charge on any atom is -0.383 e. The molecule has 0 spiro atoms. The molecule has 0 amide bonds. The van der Waals surface area contributed by atoms with Crippen molar-refractivity contribution < 1.29 is 5.11 Å². The third kappa shape index (κ3) is 7.29. The minimum atomic E-state index is -1.06. The molecule has 31 heavy (non-hydrogen) atoms. The third-order valence-corrected chi connectivity index (χ3v) is 5.98. The molecule has 166 valence electrons. The lowest BCUT2D eigenvalue weighted by Gasteiger charge is -2.30. The molecule has 1 atom stereocenters. The molecule has 0 radical (unpaired) electrons. The van der Waals surface area contributed by atoms with Crippen LogP contribution in [0.15, 0.2) is 65.7 Å². The Labute approximate surface area is 206 Å². The molecular formula is C24H31IN4OS. The topological polar surface area (TPSA) is 69.5 Å². The van der Waals surface area contributed by atoms with Crippen molar-refractivity contribution in [3.63, 3.8) is 0 Å². The second kappa shape index (κ2) is 12.2. The molecular weight excluding hydrogens is 519 g/mol. The summed E-state index contributed by atoms with van der Waals surface area (Å²) in [7, 11) is 0. The van der Waals surface area contributed by atoms with E-state index in [0.717, 1.165) is 33.3 Å². The fourth-order valence-corrected chi connectivity index (χ4v) is 4.25. The predicted molar refractivity (Wildman–Crippen MR) is 140 cm³/mol. The molecule has 5 nitrogen and oxygen atoms in total. The van der Waals surface area contributed by atoms with Crippen molar-refractivity contribution in [2.75, 3.05) is 13.1 Å². The molecule has 3 rings (SSSR count). The molecule has 0 aliphatic carbocycles. The number of aryl methyl sites for hydroxylation is 2. The first kappa shape index (κ1) is 25.3. The monoisotopic (exact) mass is 550 g/mol. The summed E-state index contributed by atoms with van der Waals surface area (Å²) in [6.45, 7) is 7.72. The van der Waals surface area contributed by atoms with E-state index >= 15 is 0 Å². The molecule has 3 N–H and O–H groups in total. The van der Waals surface area contributed by atoms with Gasteiger partial charge in [-0.05, 0) is 31.9 Å². The van der Waals surface area contributed by atoms with E-state index in [4.69, 9.17) is 4.99 Å². The number of nitrogens with zero attached hydrogens (tertiary/aromatic N) is 2. The van der Waals surface area contributed by atoms with Gasteiger partial charge in [0, 0.05) is 17.8 Å². The lowest BCUT2D eigenvalue weighted by Crippen LogP contribution is -2.46. The highest BCUT2D eigenvalue weighted by Gasteiger charge is 2.30. The largest absolute Gasteiger partial charge is 0.383 e. The van der Waals surface area contributed by atoms with Crippen LogP contribution in [0.25, 0.3) is 0 Å². The SMILES string of the molecule is CCNC(=NCc1sc(C)nc1C)NCC(O)(Cc1ccccc1)c1ccccc1.I. The van der Waals surface area contributed by atoms with Crippen molar-refractivity contribution in [3.05, 3.63) is 87.4 Å². The quantitative estimate of drug-likeness (QED) is 0.219. The summed E-state index contributed by atoms with van der Waals surface area (Å²) in [5.41, 5.74) is 1.94. The highest BCUT2D eigenvalue weighted by molar-refractivity contribution is 14.0. The number of aromatic nitrogens is 1. The van der Waals surface area contributed by atoms with Crippen LogP contribution in [0.4, 0.5) is 0 Å². The molecule has 0 saturated heterocycles. The first-order valence-electron chi connectivity index (χ1n) is 10.3. The standard InChI is InChI=1S/C24H30N4OS.HI/c1-4-25-23(26-16-22-18(2)28-19(3)30-22)27-17-24(29,21-13-9-6-10-14-21)15-20-11-7-5-8-12-20;/h5-14,29H,4,15-17H2,1-3H3,(H2,25,26,27);1H. The minimum absolute atomic E-state index is 0. The zero-order chi connectivity index (χ0) is 21.4. The first-order chi connectivity index (χ1) is 14.5. The summed E-state index contributed by atoms with van der Waals surface area (Å²) in [4.78, 5) is 10.4. The van der Waals surface area contributed by atoms with Gasteiger partial charge in [0.2, 0.25) is 0 Å². The summed E-state index contributed by atoms with van der Waals surface area (Å²) in [6.07, 6.45) is 0.511. The van der Waals surface area contributed by atoms with Crippen molar-refractivity contribution in [2.45, 2.75) is 39.3 Å². The van der Waals surface area contributed by atoms with Gasteiger partial charge in [-0.1, -0.05) is 60.7 Å². The molecule has 2 aromatic carbocycles. The summed E-state index contributed by atoms with van der Waals surface area (Å²) in [6, 6.07) is 19.9. The number of thiazole rings is 1. The lowest BCUT2D eigenvalue weighted by molar-refractivity contribution is 0.0414. The van der Waals surface area contributed by atoms with Crippen LogP contribution >= 0.6 is 35.3 Å². The Morgan fingerprint density at radius 1 is 1.03 bits per heavy atom. The van der Waals surface area contributed by atoms with Gasteiger partial charge in [0.15, 0.2) is 5.96 Å². The maximum Gasteiger partial charge on any atom is 0.191 e. The molecule has 7 heteroatoms. The first-order valence-corrected chi connectivity index (χ1v) is 11.1. The van der Waals surface area contributed by atoms with Crippen molar-refractivity contribution in [1.82, 2.24) is 15.6 Å². The van der Waals surface area contributed by atoms with E-state index in [1.807, 2.05) is 81.4 Å². The number of benzene rings is 2. The molecule has 0 saturated carbocycles. The smallest absolute Gasteiger partial charge is 0.191 e. The van der Waals surface area contributed by atoms with Gasteiger partial charge < -0.3 is 15.7 Å². The average Bonchev–Trinajstić information content (AvgIpc) is 3.08. The summed E-state index contributed by atoms with van der Waals surface area (Å²) in [5.74, 6) is 0.686. The number of hydrogen-bond acceptors (Lipinski definition) is 4. The highest BCUT2D eigenvalue weighted by atomic mass is 127. The van der Waals surface area contributed by atoms with Crippen LogP contribution < -0.4 is 10.6 Å². The molecule has 0 bridgehead atoms. The molecule has 1 unspecified atom stereocenters. The molecule has 1 aromatic heterocycles. The van der Waals surface area contributed by atoms with E-state index in [9.17, 15) is 5.11 Å². The Bertz CT molecular complexity index is 962. The zero-order valence-corrected chi connectivity index (χ0v) is 21.4. The van der Waals surface area contributed by atoms with Crippen LogP contribution in [-0.2, 0) is 18.6 Å². The number of halogens is 1. The normalized spacial score (nSPS) is 13.2. The third-order valence-electron chi connectivity index (χ3n) is 4.92. The average molecular weight is 551 g/mol. The van der Waals surface area contributed by atoms with E-state index in [2.05, 4.69) is 15.6 Å². The molecule has 1 heterocycles. The second-order valence-corrected chi connectivity index (χ2v) is 8.64. The molecule has 0 fully saturated rings. The molecule has 0 aliphatic rings. The van der Waals surface area contributed by atoms with E-state index in [0.29, 0.717) is 25.5 Å². The Hall–Kier alpha value is -1.97. The maximum absolute atomic E-state index is 11.6. The number of guanidine groups is 1. The van der Waals surface area contributed by atoms with Crippen LogP contribution in [-0.4, -0.2) is 29.1 Å². The second-order valence-electron chi connectivity index (χ2n) is 7.35. The Morgan fingerprint density at radius 2 is 1.68 bits per heavy atom. The number of aliphatic hydroxyl groups is 1. The molecule has 3 aromatic rings. The van der Waals surface area contributed by atoms with Crippen LogP contribution in [0.2, 0.25) is 0 Å². The van der Waals surface area contributed by atoms with E-state index in [1.165, 1.54) is 0 Å². The molecule has 0 aliphatic heterocycles. The van der Waals surface area contributed by atoms with E-state index in [1.54, 1.807) is 11.3 Å². The van der Waals surface area contributed by atoms with Gasteiger partial charge in [-0.2, -0.15) is 0 Å².